The number of aromatic nitrogens is 4. The van der Waals surface area contributed by atoms with Crippen molar-refractivity contribution in [3.8, 4) is 22.9 Å². The third-order valence-corrected chi connectivity index (χ3v) is 8.15. The molecule has 7 N–H and O–H groups in total. The lowest BCUT2D eigenvalue weighted by atomic mass is 10.0. The lowest BCUT2D eigenvalue weighted by molar-refractivity contribution is -0.127. The number of rotatable bonds is 9. The molecule has 5 aromatic rings. The minimum absolute atomic E-state index is 0.0134. The predicted octanol–water partition coefficient (Wildman–Crippen LogP) is 4.50. The second kappa shape index (κ2) is 11.6. The van der Waals surface area contributed by atoms with Gasteiger partial charge in [0.2, 0.25) is 0 Å². The maximum Gasteiger partial charge on any atom is 0.393 e. The normalized spacial score (nSPS) is 11.9. The first kappa shape index (κ1) is 31.0. The van der Waals surface area contributed by atoms with Gasteiger partial charge in [0.05, 0.1) is 22.4 Å². The van der Waals surface area contributed by atoms with Gasteiger partial charge in [0, 0.05) is 12.1 Å². The van der Waals surface area contributed by atoms with Crippen LogP contribution in [0.1, 0.15) is 27.2 Å². The highest BCUT2D eigenvalue weighted by molar-refractivity contribution is 7.92. The van der Waals surface area contributed by atoms with Crippen molar-refractivity contribution < 1.29 is 41.0 Å². The van der Waals surface area contributed by atoms with E-state index in [2.05, 4.69) is 30.2 Å². The molecule has 45 heavy (non-hydrogen) atoms. The molecule has 0 unspecified atom stereocenters. The van der Waals surface area contributed by atoms with Crippen LogP contribution in [-0.4, -0.2) is 50.9 Å². The van der Waals surface area contributed by atoms with Crippen molar-refractivity contribution >= 4 is 38.5 Å². The highest BCUT2D eigenvalue weighted by Crippen LogP contribution is 2.35. The zero-order valence-corrected chi connectivity index (χ0v) is 23.9. The fourth-order valence-corrected chi connectivity index (χ4v) is 5.94. The third kappa shape index (κ3) is 6.57. The second-order valence-electron chi connectivity index (χ2n) is 9.87. The molecule has 0 spiro atoms. The van der Waals surface area contributed by atoms with Crippen molar-refractivity contribution in [2.75, 3.05) is 10.0 Å². The lowest BCUT2D eigenvalue weighted by Gasteiger charge is -2.16. The number of aromatic hydroxyl groups is 2. The number of phenols is 2. The van der Waals surface area contributed by atoms with Gasteiger partial charge in [-0.05, 0) is 60.0 Å². The van der Waals surface area contributed by atoms with E-state index in [4.69, 9.17) is 5.73 Å². The number of aryl methyl sites for hydroxylation is 1. The number of nitrogens with two attached hydrogens (primary N) is 1. The first-order chi connectivity index (χ1) is 21.1. The van der Waals surface area contributed by atoms with Gasteiger partial charge in [-0.2, -0.15) is 18.3 Å². The number of carbonyl (C=O) groups is 1. The van der Waals surface area contributed by atoms with E-state index in [0.29, 0.717) is 17.7 Å². The Morgan fingerprint density at radius 2 is 1.78 bits per heavy atom. The number of primary amides is 1. The van der Waals surface area contributed by atoms with Crippen molar-refractivity contribution in [2.45, 2.75) is 31.0 Å². The van der Waals surface area contributed by atoms with Crippen LogP contribution >= 0.6 is 0 Å². The number of halogens is 4. The minimum atomic E-state index is -4.74. The Morgan fingerprint density at radius 1 is 1.04 bits per heavy atom. The first-order valence-electron chi connectivity index (χ1n) is 12.9. The van der Waals surface area contributed by atoms with Crippen LogP contribution in [0.2, 0.25) is 0 Å². The highest BCUT2D eigenvalue weighted by atomic mass is 32.2. The molecule has 234 valence electrons. The van der Waals surface area contributed by atoms with Gasteiger partial charge >= 0.3 is 6.18 Å². The van der Waals surface area contributed by atoms with Gasteiger partial charge in [-0.15, -0.1) is 0 Å². The van der Waals surface area contributed by atoms with E-state index in [1.54, 1.807) is 25.1 Å². The first-order valence-corrected chi connectivity index (χ1v) is 14.4. The Hall–Kier alpha value is -5.45. The lowest BCUT2D eigenvalue weighted by Crippen LogP contribution is -2.16. The number of benzene rings is 3. The van der Waals surface area contributed by atoms with E-state index in [9.17, 15) is 41.0 Å². The van der Waals surface area contributed by atoms with Crippen LogP contribution in [0.3, 0.4) is 0 Å². The number of anilines is 2. The quantitative estimate of drug-likeness (QED) is 0.0988. The van der Waals surface area contributed by atoms with Crippen LogP contribution in [-0.2, 0) is 23.0 Å². The smallest absolute Gasteiger partial charge is 0.393 e. The summed E-state index contributed by atoms with van der Waals surface area (Å²) in [7, 11) is -4.09. The molecule has 2 heterocycles. The van der Waals surface area contributed by atoms with Gasteiger partial charge < -0.3 is 21.3 Å². The fourth-order valence-electron chi connectivity index (χ4n) is 4.60. The number of alkyl halides is 3. The third-order valence-electron chi connectivity index (χ3n) is 6.62. The maximum absolute atomic E-state index is 14.4. The molecule has 0 atom stereocenters. The molecule has 0 bridgehead atoms. The molecule has 17 heteroatoms. The molecule has 2 aromatic heterocycles. The number of aromatic amines is 1. The molecule has 12 nitrogen and oxygen atoms in total. The maximum atomic E-state index is 14.4. The van der Waals surface area contributed by atoms with Gasteiger partial charge in [-0.3, -0.25) is 14.6 Å². The molecule has 0 saturated carbocycles. The van der Waals surface area contributed by atoms with Crippen LogP contribution in [0.4, 0.5) is 29.1 Å². The largest absolute Gasteiger partial charge is 0.508 e. The summed E-state index contributed by atoms with van der Waals surface area (Å²) in [6.45, 7) is 1.35. The molecule has 0 aliphatic rings. The Labute approximate surface area is 252 Å². The number of amides is 1. The summed E-state index contributed by atoms with van der Waals surface area (Å²) in [6, 6.07) is 11.3. The van der Waals surface area contributed by atoms with E-state index in [1.165, 1.54) is 24.3 Å². The number of H-pyrrole nitrogens is 1. The van der Waals surface area contributed by atoms with Crippen LogP contribution < -0.4 is 15.8 Å². The van der Waals surface area contributed by atoms with E-state index in [-0.39, 0.29) is 51.0 Å². The molecule has 0 aliphatic carbocycles. The summed E-state index contributed by atoms with van der Waals surface area (Å²) in [4.78, 5) is 20.5. The Morgan fingerprint density at radius 3 is 2.47 bits per heavy atom. The number of hydrogen-bond acceptors (Lipinski definition) is 9. The zero-order valence-electron chi connectivity index (χ0n) is 23.1. The number of sulfonamides is 1. The van der Waals surface area contributed by atoms with Crippen molar-refractivity contribution in [3.05, 3.63) is 82.8 Å². The number of nitrogens with zero attached hydrogens (tertiary/aromatic N) is 3. The molecule has 5 rings (SSSR count). The molecule has 0 radical (unpaired) electrons. The number of nitrogens with one attached hydrogen (secondary N) is 3. The number of carbonyl (C=O) groups excluding carboxylic acids is 1. The Bertz CT molecular complexity index is 2070. The van der Waals surface area contributed by atoms with Crippen LogP contribution in [0, 0.1) is 12.7 Å². The monoisotopic (exact) mass is 645 g/mol. The van der Waals surface area contributed by atoms with Crippen molar-refractivity contribution in [1.82, 2.24) is 20.2 Å². The van der Waals surface area contributed by atoms with Gasteiger partial charge in [0.15, 0.2) is 28.7 Å². The second-order valence-corrected chi connectivity index (χ2v) is 11.5. The van der Waals surface area contributed by atoms with E-state index in [1.807, 2.05) is 0 Å². The SMILES string of the molecule is Cc1ccccc1S(=O)(=O)Nc1ccc(O)cc1CNc1nc(-c2cc(F)c(O)cc2CC(F)(F)F)nc2[nH]nc(C(N)=O)c12. The standard InChI is InChI=1S/C28H23F4N7O5S/c1-13-4-2-3-5-21(13)45(43,44)39-19-7-6-16(40)8-15(19)12-34-26-22-23(24(33)42)37-38-27(22)36-25(35-26)17-10-18(29)20(41)9-14(17)11-28(30,31)32/h2-10,39-41H,11-12H2,1H3,(H2,33,42)(H2,34,35,36,37,38). The van der Waals surface area contributed by atoms with E-state index < -0.39 is 57.0 Å². The molecule has 0 fully saturated rings. The molecule has 3 aromatic carbocycles. The Kier molecular flexibility index (Phi) is 7.97. The van der Waals surface area contributed by atoms with Gasteiger partial charge in [-0.25, -0.2) is 22.8 Å². The minimum Gasteiger partial charge on any atom is -0.508 e. The molecular formula is C28H23F4N7O5S. The molecular weight excluding hydrogens is 622 g/mol. The summed E-state index contributed by atoms with van der Waals surface area (Å²) in [5.74, 6) is -4.10. The number of hydrogen-bond donors (Lipinski definition) is 6. The number of fused-ring (bicyclic) bond motifs is 1. The van der Waals surface area contributed by atoms with Crippen LogP contribution in [0.5, 0.6) is 11.5 Å². The van der Waals surface area contributed by atoms with Gasteiger partial charge in [-0.1, -0.05) is 18.2 Å². The van der Waals surface area contributed by atoms with Crippen LogP contribution in [0.25, 0.3) is 22.4 Å². The average Bonchev–Trinajstić information content (AvgIpc) is 3.39. The predicted molar refractivity (Wildman–Crippen MR) is 154 cm³/mol. The summed E-state index contributed by atoms with van der Waals surface area (Å²) in [6.07, 6.45) is -6.29. The average molecular weight is 646 g/mol. The summed E-state index contributed by atoms with van der Waals surface area (Å²) >= 11 is 0. The topological polar surface area (TPSA) is 196 Å². The van der Waals surface area contributed by atoms with Gasteiger partial charge in [0.1, 0.15) is 11.6 Å². The van der Waals surface area contributed by atoms with E-state index >= 15 is 0 Å². The van der Waals surface area contributed by atoms with Crippen molar-refractivity contribution in [2.24, 2.45) is 5.73 Å². The number of phenolic OH excluding ortho intramolecular Hbond substituents is 2. The van der Waals surface area contributed by atoms with Crippen molar-refractivity contribution in [3.63, 3.8) is 0 Å². The summed E-state index contributed by atoms with van der Waals surface area (Å²) in [5.41, 5.74) is 4.74. The fraction of sp³-hybridized carbons (Fsp3) is 0.143. The summed E-state index contributed by atoms with van der Waals surface area (Å²) in [5, 5.41) is 29.0. The molecule has 1 amide bonds. The Balaban J connectivity index is 1.59. The molecule has 0 aliphatic heterocycles. The molecule has 0 saturated heterocycles. The summed E-state index contributed by atoms with van der Waals surface area (Å²) < 4.78 is 83.3. The zero-order chi connectivity index (χ0) is 32.7. The van der Waals surface area contributed by atoms with Crippen LogP contribution in [0.15, 0.2) is 59.5 Å². The van der Waals surface area contributed by atoms with Gasteiger partial charge in [0.25, 0.3) is 15.9 Å². The van der Waals surface area contributed by atoms with Crippen molar-refractivity contribution in [1.29, 1.82) is 0 Å². The highest BCUT2D eigenvalue weighted by Gasteiger charge is 2.31. The van der Waals surface area contributed by atoms with E-state index in [0.717, 1.165) is 0 Å².